The lowest BCUT2D eigenvalue weighted by atomic mass is 10.1. The fourth-order valence-corrected chi connectivity index (χ4v) is 2.23. The van der Waals surface area contributed by atoms with Crippen LogP contribution in [0.1, 0.15) is 15.9 Å². The van der Waals surface area contributed by atoms with Gasteiger partial charge in [0.1, 0.15) is 5.75 Å². The lowest BCUT2D eigenvalue weighted by Gasteiger charge is -2.08. The topological polar surface area (TPSA) is 89.3 Å². The third-order valence-electron chi connectivity index (χ3n) is 3.32. The lowest BCUT2D eigenvalue weighted by molar-refractivity contribution is -0.114. The van der Waals surface area contributed by atoms with Crippen LogP contribution in [-0.2, 0) is 9.53 Å². The molecule has 2 heterocycles. The molecule has 0 atom stereocenters. The van der Waals surface area contributed by atoms with E-state index in [0.717, 1.165) is 0 Å². The van der Waals surface area contributed by atoms with E-state index < -0.39 is 5.97 Å². The van der Waals surface area contributed by atoms with Crippen molar-refractivity contribution >= 4 is 35.8 Å². The molecule has 120 valence electrons. The van der Waals surface area contributed by atoms with Crippen molar-refractivity contribution in [2.45, 2.75) is 0 Å². The van der Waals surface area contributed by atoms with E-state index in [2.05, 4.69) is 20.0 Å². The van der Waals surface area contributed by atoms with E-state index in [1.54, 1.807) is 24.3 Å². The average Bonchev–Trinajstić information content (AvgIpc) is 2.99. The number of aliphatic imine (C=N–C) groups is 2. The summed E-state index contributed by atoms with van der Waals surface area (Å²) in [5, 5.41) is 2.67. The summed E-state index contributed by atoms with van der Waals surface area (Å²) < 4.78 is 9.97. The van der Waals surface area contributed by atoms with Crippen LogP contribution in [0, 0.1) is 0 Å². The van der Waals surface area contributed by atoms with Crippen molar-refractivity contribution in [3.8, 4) is 5.75 Å². The molecule has 0 saturated heterocycles. The van der Waals surface area contributed by atoms with Crippen LogP contribution in [0.3, 0.4) is 0 Å². The summed E-state index contributed by atoms with van der Waals surface area (Å²) in [6, 6.07) is 4.83. The Morgan fingerprint density at radius 2 is 2.04 bits per heavy atom. The summed E-state index contributed by atoms with van der Waals surface area (Å²) in [5.74, 6) is 0.110. The average molecular weight is 336 g/mol. The fourth-order valence-electron chi connectivity index (χ4n) is 2.23. The van der Waals surface area contributed by atoms with E-state index in [4.69, 9.17) is 4.74 Å². The van der Waals surface area contributed by atoms with Crippen molar-refractivity contribution in [2.75, 3.05) is 20.8 Å². The third-order valence-corrected chi connectivity index (χ3v) is 3.32. The molecule has 1 aromatic rings. The molecule has 23 heavy (non-hydrogen) atoms. The normalized spacial score (nSPS) is 15.4. The summed E-state index contributed by atoms with van der Waals surface area (Å²) >= 11 is 0. The first kappa shape index (κ1) is 16.7. The predicted molar refractivity (Wildman–Crippen MR) is 86.6 cm³/mol. The Balaban J connectivity index is 0.00000192. The highest BCUT2D eigenvalue weighted by Gasteiger charge is 2.27. The van der Waals surface area contributed by atoms with Gasteiger partial charge < -0.3 is 14.8 Å². The Kier molecular flexibility index (Phi) is 4.80. The monoisotopic (exact) mass is 335 g/mol. The fraction of sp³-hybridized carbons (Fsp3) is 0.200. The molecule has 1 amide bonds. The molecule has 2 aliphatic heterocycles. The second-order valence-corrected chi connectivity index (χ2v) is 4.60. The first-order valence-electron chi connectivity index (χ1n) is 6.57. The number of nitrogens with one attached hydrogen (secondary N) is 1. The molecular formula is C15H14ClN3O4. The highest BCUT2D eigenvalue weighted by atomic mass is 35.5. The minimum atomic E-state index is -0.458. The Bertz CT molecular complexity index is 768. The van der Waals surface area contributed by atoms with E-state index in [1.165, 1.54) is 14.2 Å². The third kappa shape index (κ3) is 2.95. The number of fused-ring (bicyclic) bond motifs is 1. The molecule has 0 saturated carbocycles. The molecule has 0 bridgehead atoms. The molecule has 0 unspecified atom stereocenters. The molecule has 1 aromatic carbocycles. The molecule has 0 spiro atoms. The molecule has 7 nitrogen and oxygen atoms in total. The van der Waals surface area contributed by atoms with Crippen LogP contribution in [0.25, 0.3) is 0 Å². The number of nitrogens with zero attached hydrogens (tertiary/aromatic N) is 2. The summed E-state index contributed by atoms with van der Waals surface area (Å²) in [5.41, 5.74) is 1.81. The number of amidine groups is 1. The van der Waals surface area contributed by atoms with Gasteiger partial charge in [0.2, 0.25) is 0 Å². The largest absolute Gasteiger partial charge is 0.496 e. The highest BCUT2D eigenvalue weighted by Crippen LogP contribution is 2.26. The lowest BCUT2D eigenvalue weighted by Crippen LogP contribution is -2.35. The Morgan fingerprint density at radius 1 is 1.26 bits per heavy atom. The number of carbonyl (C=O) groups is 2. The Labute approximate surface area is 138 Å². The molecule has 1 N–H and O–H groups in total. The van der Waals surface area contributed by atoms with Gasteiger partial charge in [0.25, 0.3) is 5.91 Å². The number of hydrogen-bond acceptors (Lipinski definition) is 6. The summed E-state index contributed by atoms with van der Waals surface area (Å²) in [6.07, 6.45) is 1.79. The van der Waals surface area contributed by atoms with Crippen LogP contribution in [0.5, 0.6) is 5.75 Å². The predicted octanol–water partition coefficient (Wildman–Crippen LogP) is 1.12. The summed E-state index contributed by atoms with van der Waals surface area (Å²) in [7, 11) is 2.80. The number of halogens is 1. The van der Waals surface area contributed by atoms with Crippen LogP contribution in [-0.4, -0.2) is 44.2 Å². The number of benzene rings is 1. The van der Waals surface area contributed by atoms with Crippen molar-refractivity contribution in [2.24, 2.45) is 9.98 Å². The van der Waals surface area contributed by atoms with Gasteiger partial charge in [0, 0.05) is 6.54 Å². The molecule has 0 fully saturated rings. The van der Waals surface area contributed by atoms with Crippen LogP contribution in [0.15, 0.2) is 40.0 Å². The number of methoxy groups -OCH3 is 2. The van der Waals surface area contributed by atoms with Crippen molar-refractivity contribution in [1.29, 1.82) is 0 Å². The summed E-state index contributed by atoms with van der Waals surface area (Å²) in [4.78, 5) is 31.9. The van der Waals surface area contributed by atoms with E-state index in [0.29, 0.717) is 40.7 Å². The maximum Gasteiger partial charge on any atom is 0.337 e. The van der Waals surface area contributed by atoms with E-state index in [9.17, 15) is 9.59 Å². The van der Waals surface area contributed by atoms with Crippen LogP contribution < -0.4 is 10.1 Å². The first-order chi connectivity index (χ1) is 10.6. The van der Waals surface area contributed by atoms with E-state index in [-0.39, 0.29) is 18.3 Å². The van der Waals surface area contributed by atoms with Crippen molar-refractivity contribution in [3.63, 3.8) is 0 Å². The number of rotatable bonds is 3. The minimum Gasteiger partial charge on any atom is -0.496 e. The minimum absolute atomic E-state index is 0. The number of ether oxygens (including phenoxy) is 2. The molecular weight excluding hydrogens is 322 g/mol. The van der Waals surface area contributed by atoms with Gasteiger partial charge in [-0.25, -0.2) is 14.8 Å². The Morgan fingerprint density at radius 3 is 2.70 bits per heavy atom. The zero-order valence-corrected chi connectivity index (χ0v) is 13.3. The molecule has 3 rings (SSSR count). The van der Waals surface area contributed by atoms with Gasteiger partial charge in [-0.15, -0.1) is 12.4 Å². The van der Waals surface area contributed by atoms with Gasteiger partial charge in [0.15, 0.2) is 11.5 Å². The van der Waals surface area contributed by atoms with Gasteiger partial charge in [-0.3, -0.25) is 4.79 Å². The number of amides is 1. The Hall–Kier alpha value is -2.67. The van der Waals surface area contributed by atoms with Crippen LogP contribution >= 0.6 is 12.4 Å². The molecule has 0 radical (unpaired) electrons. The van der Waals surface area contributed by atoms with Gasteiger partial charge in [-0.1, -0.05) is 0 Å². The van der Waals surface area contributed by atoms with Gasteiger partial charge >= 0.3 is 5.97 Å². The maximum atomic E-state index is 11.7. The molecule has 0 aliphatic carbocycles. The van der Waals surface area contributed by atoms with Crippen molar-refractivity contribution in [1.82, 2.24) is 5.32 Å². The van der Waals surface area contributed by atoms with Gasteiger partial charge in [0.05, 0.1) is 31.0 Å². The zero-order chi connectivity index (χ0) is 15.7. The van der Waals surface area contributed by atoms with Crippen LogP contribution in [0.2, 0.25) is 0 Å². The smallest absolute Gasteiger partial charge is 0.337 e. The second kappa shape index (κ2) is 6.62. The van der Waals surface area contributed by atoms with E-state index >= 15 is 0 Å². The van der Waals surface area contributed by atoms with Crippen molar-refractivity contribution < 1.29 is 19.1 Å². The van der Waals surface area contributed by atoms with Crippen LogP contribution in [0.4, 0.5) is 0 Å². The van der Waals surface area contributed by atoms with E-state index in [1.807, 2.05) is 0 Å². The number of carbonyl (C=O) groups excluding carboxylic acids is 2. The van der Waals surface area contributed by atoms with Gasteiger partial charge in [-0.05, 0) is 24.3 Å². The molecule has 0 aromatic heterocycles. The van der Waals surface area contributed by atoms with Crippen molar-refractivity contribution in [3.05, 3.63) is 41.1 Å². The number of hydrogen-bond donors (Lipinski definition) is 1. The quantitative estimate of drug-likeness (QED) is 0.838. The second-order valence-electron chi connectivity index (χ2n) is 4.60. The SMILES string of the molecule is COC(=O)c1ccc(C2=NC3=CCNC(=O)C3=N2)c(OC)c1.Cl. The highest BCUT2D eigenvalue weighted by molar-refractivity contribution is 6.49. The standard InChI is InChI=1S/C15H13N3O4.ClH/c1-21-11-7-8(15(20)22-2)3-4-9(11)13-17-10-5-6-16-14(19)12(10)18-13;/h3-5,7H,6H2,1-2H3,(H,16,19);1H. The van der Waals surface area contributed by atoms with Gasteiger partial charge in [-0.2, -0.15) is 0 Å². The zero-order valence-electron chi connectivity index (χ0n) is 12.5. The first-order valence-corrected chi connectivity index (χ1v) is 6.57. The molecule has 8 heteroatoms. The summed E-state index contributed by atoms with van der Waals surface area (Å²) in [6.45, 7) is 0.433. The maximum absolute atomic E-state index is 11.7. The number of esters is 1. The molecule has 2 aliphatic rings.